The van der Waals surface area contributed by atoms with Gasteiger partial charge in [0.05, 0.1) is 0 Å². The summed E-state index contributed by atoms with van der Waals surface area (Å²) in [6.07, 6.45) is -8.30. The monoisotopic (exact) mass is 418 g/mol. The van der Waals surface area contributed by atoms with E-state index in [0.29, 0.717) is 22.5 Å². The lowest BCUT2D eigenvalue weighted by Crippen LogP contribution is -2.54. The Bertz CT molecular complexity index is 772. The molecule has 0 saturated carbocycles. The summed E-state index contributed by atoms with van der Waals surface area (Å²) in [5.74, 6) is -1.96. The van der Waals surface area contributed by atoms with Gasteiger partial charge in [0.2, 0.25) is 0 Å². The molecule has 4 atom stereocenters. The molecular formula is C20H26N4O6. The van der Waals surface area contributed by atoms with Gasteiger partial charge in [-0.15, -0.1) is 0 Å². The fourth-order valence-electron chi connectivity index (χ4n) is 2.54. The Balaban J connectivity index is 1.84. The minimum Gasteiger partial charge on any atom is -0.399 e. The number of carbonyl (C=O) groups is 2. The zero-order valence-electron chi connectivity index (χ0n) is 16.1. The Morgan fingerprint density at radius 1 is 0.667 bits per heavy atom. The van der Waals surface area contributed by atoms with E-state index in [-0.39, 0.29) is 13.1 Å². The first-order valence-electron chi connectivity index (χ1n) is 9.15. The molecule has 0 unspecified atom stereocenters. The number of rotatable bonds is 9. The van der Waals surface area contributed by atoms with Crippen molar-refractivity contribution in [2.75, 3.05) is 11.5 Å². The fraction of sp³-hybridized carbons (Fsp3) is 0.300. The summed E-state index contributed by atoms with van der Waals surface area (Å²) in [5, 5.41) is 44.6. The number of anilines is 2. The highest BCUT2D eigenvalue weighted by molar-refractivity contribution is 5.83. The Kier molecular flexibility index (Phi) is 8.13. The van der Waals surface area contributed by atoms with Crippen molar-refractivity contribution in [3.05, 3.63) is 59.7 Å². The zero-order chi connectivity index (χ0) is 22.3. The lowest BCUT2D eigenvalue weighted by Gasteiger charge is -2.25. The highest BCUT2D eigenvalue weighted by Gasteiger charge is 2.37. The van der Waals surface area contributed by atoms with Crippen LogP contribution in [0.1, 0.15) is 11.1 Å². The maximum absolute atomic E-state index is 12.0. The molecule has 10 heteroatoms. The molecular weight excluding hydrogens is 392 g/mol. The molecule has 0 aromatic heterocycles. The molecule has 0 bridgehead atoms. The molecule has 0 heterocycles. The van der Waals surface area contributed by atoms with E-state index in [1.165, 1.54) is 0 Å². The molecule has 2 rings (SSSR count). The number of nitrogen functional groups attached to an aromatic ring is 2. The molecule has 0 aliphatic heterocycles. The van der Waals surface area contributed by atoms with Crippen molar-refractivity contribution in [2.24, 2.45) is 0 Å². The topological polar surface area (TPSA) is 191 Å². The third-order valence-electron chi connectivity index (χ3n) is 4.43. The number of amides is 2. The lowest BCUT2D eigenvalue weighted by atomic mass is 10.0. The average molecular weight is 418 g/mol. The van der Waals surface area contributed by atoms with Crippen LogP contribution in [0.3, 0.4) is 0 Å². The number of nitrogens with one attached hydrogen (secondary N) is 2. The molecule has 0 spiro atoms. The van der Waals surface area contributed by atoms with Crippen molar-refractivity contribution in [1.29, 1.82) is 0 Å². The van der Waals surface area contributed by atoms with E-state index in [2.05, 4.69) is 10.6 Å². The predicted octanol–water partition coefficient (Wildman–Crippen LogP) is -1.77. The number of hydrogen-bond donors (Lipinski definition) is 8. The summed E-state index contributed by atoms with van der Waals surface area (Å²) in [6.45, 7) is 0.0905. The SMILES string of the molecule is Nc1ccc(CNC(=O)[C@@H](O)[C@@H](O)[C@H](O)[C@@H](O)C(=O)NCc2ccc(N)cc2)cc1. The van der Waals surface area contributed by atoms with Crippen molar-refractivity contribution >= 4 is 23.2 Å². The average Bonchev–Trinajstić information content (AvgIpc) is 2.75. The molecule has 2 aromatic rings. The van der Waals surface area contributed by atoms with Gasteiger partial charge in [-0.05, 0) is 35.4 Å². The number of carbonyl (C=O) groups excluding carboxylic acids is 2. The quantitative estimate of drug-likeness (QED) is 0.219. The lowest BCUT2D eigenvalue weighted by molar-refractivity contribution is -0.155. The third kappa shape index (κ3) is 6.42. The summed E-state index contributed by atoms with van der Waals surface area (Å²) >= 11 is 0. The zero-order valence-corrected chi connectivity index (χ0v) is 16.1. The minimum atomic E-state index is -2.09. The molecule has 30 heavy (non-hydrogen) atoms. The normalized spacial score (nSPS) is 14.9. The van der Waals surface area contributed by atoms with Gasteiger partial charge in [0.25, 0.3) is 11.8 Å². The Labute approximate surface area is 173 Å². The van der Waals surface area contributed by atoms with Crippen LogP contribution in [0.5, 0.6) is 0 Å². The van der Waals surface area contributed by atoms with E-state index in [9.17, 15) is 30.0 Å². The van der Waals surface area contributed by atoms with E-state index in [4.69, 9.17) is 11.5 Å². The van der Waals surface area contributed by atoms with E-state index >= 15 is 0 Å². The largest absolute Gasteiger partial charge is 0.399 e. The van der Waals surface area contributed by atoms with E-state index in [0.717, 1.165) is 0 Å². The fourth-order valence-corrected chi connectivity index (χ4v) is 2.54. The van der Waals surface area contributed by atoms with Crippen LogP contribution in [0.2, 0.25) is 0 Å². The minimum absolute atomic E-state index is 0.0453. The summed E-state index contributed by atoms with van der Waals surface area (Å²) in [7, 11) is 0. The molecule has 10 nitrogen and oxygen atoms in total. The molecule has 162 valence electrons. The van der Waals surface area contributed by atoms with Crippen LogP contribution >= 0.6 is 0 Å². The van der Waals surface area contributed by atoms with Crippen molar-refractivity contribution in [3.8, 4) is 0 Å². The second-order valence-corrected chi connectivity index (χ2v) is 6.79. The Hall–Kier alpha value is -3.18. The van der Waals surface area contributed by atoms with E-state index in [1.54, 1.807) is 48.5 Å². The summed E-state index contributed by atoms with van der Waals surface area (Å²) in [5.41, 5.74) is 13.6. The molecule has 0 saturated heterocycles. The maximum Gasteiger partial charge on any atom is 0.251 e. The van der Waals surface area contributed by atoms with Crippen LogP contribution in [0.25, 0.3) is 0 Å². The van der Waals surface area contributed by atoms with Gasteiger partial charge in [-0.25, -0.2) is 0 Å². The highest BCUT2D eigenvalue weighted by Crippen LogP contribution is 2.09. The van der Waals surface area contributed by atoms with Gasteiger partial charge >= 0.3 is 0 Å². The van der Waals surface area contributed by atoms with Gasteiger partial charge in [-0.3, -0.25) is 9.59 Å². The molecule has 0 radical (unpaired) electrons. The number of nitrogens with two attached hydrogens (primary N) is 2. The molecule has 2 amide bonds. The number of aliphatic hydroxyl groups excluding tert-OH is 4. The van der Waals surface area contributed by atoms with E-state index < -0.39 is 36.2 Å². The Morgan fingerprint density at radius 3 is 1.27 bits per heavy atom. The second kappa shape index (κ2) is 10.6. The molecule has 10 N–H and O–H groups in total. The van der Waals surface area contributed by atoms with Gasteiger partial charge < -0.3 is 42.5 Å². The molecule has 0 aliphatic rings. The smallest absolute Gasteiger partial charge is 0.251 e. The van der Waals surface area contributed by atoms with Gasteiger partial charge in [0.15, 0.2) is 12.2 Å². The third-order valence-corrected chi connectivity index (χ3v) is 4.43. The van der Waals surface area contributed by atoms with Crippen LogP contribution < -0.4 is 22.1 Å². The number of hydrogen-bond acceptors (Lipinski definition) is 8. The van der Waals surface area contributed by atoms with Crippen molar-refractivity contribution in [1.82, 2.24) is 10.6 Å². The van der Waals surface area contributed by atoms with Crippen LogP contribution in [-0.4, -0.2) is 56.7 Å². The second-order valence-electron chi connectivity index (χ2n) is 6.79. The van der Waals surface area contributed by atoms with Gasteiger partial charge in [-0.2, -0.15) is 0 Å². The van der Waals surface area contributed by atoms with Crippen molar-refractivity contribution in [3.63, 3.8) is 0 Å². The van der Waals surface area contributed by atoms with Crippen LogP contribution in [0.4, 0.5) is 11.4 Å². The van der Waals surface area contributed by atoms with E-state index in [1.807, 2.05) is 0 Å². The van der Waals surface area contributed by atoms with Crippen LogP contribution in [0.15, 0.2) is 48.5 Å². The van der Waals surface area contributed by atoms with Gasteiger partial charge in [-0.1, -0.05) is 24.3 Å². The molecule has 0 fully saturated rings. The van der Waals surface area contributed by atoms with Crippen molar-refractivity contribution < 1.29 is 30.0 Å². The van der Waals surface area contributed by atoms with Crippen LogP contribution in [0, 0.1) is 0 Å². The number of benzene rings is 2. The van der Waals surface area contributed by atoms with Crippen molar-refractivity contribution in [2.45, 2.75) is 37.5 Å². The Morgan fingerprint density at radius 2 is 0.967 bits per heavy atom. The standard InChI is InChI=1S/C20H26N4O6/c21-13-5-1-11(2-6-13)9-23-19(29)17(27)15(25)16(26)18(28)20(30)24-10-12-3-7-14(22)8-4-12/h1-8,15-18,25-28H,9-10,21-22H2,(H,23,29)(H,24,30)/t15-,16-,17-,18+/m0/s1. The highest BCUT2D eigenvalue weighted by atomic mass is 16.4. The first-order chi connectivity index (χ1) is 14.2. The summed E-state index contributed by atoms with van der Waals surface area (Å²) in [6, 6.07) is 13.2. The summed E-state index contributed by atoms with van der Waals surface area (Å²) < 4.78 is 0. The molecule has 0 aliphatic carbocycles. The van der Waals surface area contributed by atoms with Crippen LogP contribution in [-0.2, 0) is 22.7 Å². The first-order valence-corrected chi connectivity index (χ1v) is 9.15. The van der Waals surface area contributed by atoms with Gasteiger partial charge in [0, 0.05) is 24.5 Å². The summed E-state index contributed by atoms with van der Waals surface area (Å²) in [4.78, 5) is 24.0. The predicted molar refractivity (Wildman–Crippen MR) is 109 cm³/mol. The number of aliphatic hydroxyl groups is 4. The first kappa shape index (κ1) is 23.1. The maximum atomic E-state index is 12.0. The van der Waals surface area contributed by atoms with Gasteiger partial charge in [0.1, 0.15) is 12.2 Å². The molecule has 2 aromatic carbocycles.